The van der Waals surface area contributed by atoms with E-state index in [9.17, 15) is 4.79 Å². The van der Waals surface area contributed by atoms with Crippen molar-refractivity contribution in [3.05, 3.63) is 56.8 Å². The Morgan fingerprint density at radius 3 is 2.95 bits per heavy atom. The molecule has 1 amide bonds. The van der Waals surface area contributed by atoms with E-state index < -0.39 is 0 Å². The van der Waals surface area contributed by atoms with E-state index in [-0.39, 0.29) is 5.91 Å². The van der Waals surface area contributed by atoms with Crippen LogP contribution in [0.2, 0.25) is 0 Å². The molecular formula is C15H15IN2O2. The van der Waals surface area contributed by atoms with E-state index >= 15 is 0 Å². The number of ether oxygens (including phenoxy) is 1. The van der Waals surface area contributed by atoms with Crippen LogP contribution in [-0.4, -0.2) is 18.0 Å². The number of aromatic nitrogens is 1. The first-order chi connectivity index (χ1) is 9.61. The molecule has 20 heavy (non-hydrogen) atoms. The number of benzene rings is 1. The van der Waals surface area contributed by atoms with Crippen molar-refractivity contribution in [3.63, 3.8) is 0 Å². The van der Waals surface area contributed by atoms with Gasteiger partial charge in [-0.25, -0.2) is 4.98 Å². The van der Waals surface area contributed by atoms with Gasteiger partial charge in [0, 0.05) is 22.4 Å². The number of halogens is 1. The highest BCUT2D eigenvalue weighted by Gasteiger charge is 2.10. The molecule has 0 bridgehead atoms. The predicted molar refractivity (Wildman–Crippen MR) is 85.9 cm³/mol. The summed E-state index contributed by atoms with van der Waals surface area (Å²) in [6.45, 7) is 2.44. The van der Waals surface area contributed by atoms with Crippen LogP contribution in [0.1, 0.15) is 21.5 Å². The molecule has 1 N–H and O–H groups in total. The smallest absolute Gasteiger partial charge is 0.252 e. The second-order valence-corrected chi connectivity index (χ2v) is 5.40. The van der Waals surface area contributed by atoms with Crippen molar-refractivity contribution >= 4 is 28.5 Å². The molecule has 2 rings (SSSR count). The summed E-state index contributed by atoms with van der Waals surface area (Å²) in [7, 11) is 1.57. The fourth-order valence-electron chi connectivity index (χ4n) is 1.77. The molecule has 0 radical (unpaired) electrons. The molecule has 104 valence electrons. The third-order valence-corrected chi connectivity index (χ3v) is 4.33. The van der Waals surface area contributed by atoms with E-state index in [2.05, 4.69) is 32.9 Å². The maximum Gasteiger partial charge on any atom is 0.252 e. The lowest BCUT2D eigenvalue weighted by Crippen LogP contribution is -2.23. The Kier molecular flexibility index (Phi) is 4.94. The van der Waals surface area contributed by atoms with Crippen LogP contribution in [0.3, 0.4) is 0 Å². The van der Waals surface area contributed by atoms with Crippen LogP contribution < -0.4 is 10.1 Å². The quantitative estimate of drug-likeness (QED) is 0.828. The van der Waals surface area contributed by atoms with E-state index in [1.165, 1.54) is 0 Å². The Balaban J connectivity index is 2.06. The lowest BCUT2D eigenvalue weighted by Gasteiger charge is -2.09. The van der Waals surface area contributed by atoms with Gasteiger partial charge in [0.25, 0.3) is 5.91 Å². The molecule has 5 heteroatoms. The van der Waals surface area contributed by atoms with Gasteiger partial charge in [0.15, 0.2) is 0 Å². The van der Waals surface area contributed by atoms with Crippen LogP contribution >= 0.6 is 22.6 Å². The molecule has 1 aromatic heterocycles. The minimum atomic E-state index is -0.0751. The Labute approximate surface area is 131 Å². The van der Waals surface area contributed by atoms with Gasteiger partial charge in [-0.15, -0.1) is 0 Å². The number of nitrogens with zero attached hydrogens (tertiary/aromatic N) is 1. The van der Waals surface area contributed by atoms with Crippen molar-refractivity contribution in [3.8, 4) is 5.88 Å². The van der Waals surface area contributed by atoms with Gasteiger partial charge in [-0.1, -0.05) is 12.1 Å². The zero-order chi connectivity index (χ0) is 14.5. The molecule has 1 heterocycles. The monoisotopic (exact) mass is 382 g/mol. The number of aryl methyl sites for hydroxylation is 1. The van der Waals surface area contributed by atoms with Crippen molar-refractivity contribution in [1.29, 1.82) is 0 Å². The topological polar surface area (TPSA) is 51.2 Å². The Bertz CT molecular complexity index is 629. The fourth-order valence-corrected chi connectivity index (χ4v) is 2.38. The van der Waals surface area contributed by atoms with Crippen LogP contribution in [0.5, 0.6) is 5.88 Å². The summed E-state index contributed by atoms with van der Waals surface area (Å²) in [5.74, 6) is 0.468. The number of methoxy groups -OCH3 is 1. The lowest BCUT2D eigenvalue weighted by molar-refractivity contribution is 0.0950. The molecule has 0 atom stereocenters. The Hall–Kier alpha value is -1.63. The highest BCUT2D eigenvalue weighted by atomic mass is 127. The molecule has 0 fully saturated rings. The second-order valence-electron chi connectivity index (χ2n) is 4.33. The fraction of sp³-hybridized carbons (Fsp3) is 0.200. The minimum Gasteiger partial charge on any atom is -0.481 e. The number of pyridine rings is 1. The summed E-state index contributed by atoms with van der Waals surface area (Å²) < 4.78 is 6.04. The van der Waals surface area contributed by atoms with Crippen molar-refractivity contribution < 1.29 is 9.53 Å². The number of rotatable bonds is 4. The lowest BCUT2D eigenvalue weighted by atomic mass is 10.1. The molecule has 2 aromatic rings. The summed E-state index contributed by atoms with van der Waals surface area (Å²) in [5, 5.41) is 2.91. The summed E-state index contributed by atoms with van der Waals surface area (Å²) >= 11 is 2.20. The van der Waals surface area contributed by atoms with E-state index in [0.717, 1.165) is 14.7 Å². The van der Waals surface area contributed by atoms with Gasteiger partial charge < -0.3 is 10.1 Å². The number of carbonyl (C=O) groups is 1. The van der Waals surface area contributed by atoms with Gasteiger partial charge in [0.1, 0.15) is 0 Å². The van der Waals surface area contributed by atoms with E-state index in [4.69, 9.17) is 4.74 Å². The molecule has 4 nitrogen and oxygen atoms in total. The van der Waals surface area contributed by atoms with E-state index in [1.54, 1.807) is 13.3 Å². The second kappa shape index (κ2) is 6.69. The summed E-state index contributed by atoms with van der Waals surface area (Å²) in [4.78, 5) is 16.2. The molecule has 0 aliphatic rings. The molecule has 1 aromatic carbocycles. The molecule has 0 aliphatic heterocycles. The largest absolute Gasteiger partial charge is 0.481 e. The number of hydrogen-bond acceptors (Lipinski definition) is 3. The van der Waals surface area contributed by atoms with Crippen LogP contribution in [0, 0.1) is 10.5 Å². The van der Waals surface area contributed by atoms with Gasteiger partial charge in [0.05, 0.1) is 12.7 Å². The normalized spacial score (nSPS) is 10.2. The highest BCUT2D eigenvalue weighted by Crippen LogP contribution is 2.16. The van der Waals surface area contributed by atoms with E-state index in [1.807, 2.05) is 37.3 Å². The molecule has 0 saturated carbocycles. The number of amides is 1. The maximum absolute atomic E-state index is 12.2. The first kappa shape index (κ1) is 14.8. The SMILES string of the molecule is COc1cc(CNC(=O)c2cccc(C)c2I)ccn1. The minimum absolute atomic E-state index is 0.0751. The average Bonchev–Trinajstić information content (AvgIpc) is 2.48. The highest BCUT2D eigenvalue weighted by molar-refractivity contribution is 14.1. The summed E-state index contributed by atoms with van der Waals surface area (Å²) in [6.07, 6.45) is 1.66. The number of nitrogens with one attached hydrogen (secondary N) is 1. The van der Waals surface area contributed by atoms with Crippen LogP contribution in [0.4, 0.5) is 0 Å². The first-order valence-electron chi connectivity index (χ1n) is 6.14. The molecule has 0 saturated heterocycles. The first-order valence-corrected chi connectivity index (χ1v) is 7.22. The average molecular weight is 382 g/mol. The third-order valence-electron chi connectivity index (χ3n) is 2.90. The molecule has 0 unspecified atom stereocenters. The van der Waals surface area contributed by atoms with Gasteiger partial charge in [-0.3, -0.25) is 4.79 Å². The third kappa shape index (κ3) is 3.47. The van der Waals surface area contributed by atoms with E-state index in [0.29, 0.717) is 18.0 Å². The Morgan fingerprint density at radius 2 is 2.20 bits per heavy atom. The van der Waals surface area contributed by atoms with Crippen LogP contribution in [0.15, 0.2) is 36.5 Å². The number of carbonyl (C=O) groups excluding carboxylic acids is 1. The maximum atomic E-state index is 12.2. The zero-order valence-corrected chi connectivity index (χ0v) is 13.5. The van der Waals surface area contributed by atoms with Gasteiger partial charge >= 0.3 is 0 Å². The molecular weight excluding hydrogens is 367 g/mol. The predicted octanol–water partition coefficient (Wildman–Crippen LogP) is 2.93. The standard InChI is InChI=1S/C15H15IN2O2/c1-10-4-3-5-12(14(10)16)15(19)18-9-11-6-7-17-13(8-11)20-2/h3-8H,9H2,1-2H3,(H,18,19). The van der Waals surface area contributed by atoms with Crippen LogP contribution in [-0.2, 0) is 6.54 Å². The van der Waals surface area contributed by atoms with Crippen molar-refractivity contribution in [2.45, 2.75) is 13.5 Å². The Morgan fingerprint density at radius 1 is 1.40 bits per heavy atom. The molecule has 0 spiro atoms. The van der Waals surface area contributed by atoms with Crippen molar-refractivity contribution in [1.82, 2.24) is 10.3 Å². The van der Waals surface area contributed by atoms with Crippen molar-refractivity contribution in [2.75, 3.05) is 7.11 Å². The molecule has 0 aliphatic carbocycles. The van der Waals surface area contributed by atoms with Crippen molar-refractivity contribution in [2.24, 2.45) is 0 Å². The summed E-state index contributed by atoms with van der Waals surface area (Å²) in [6, 6.07) is 9.37. The van der Waals surface area contributed by atoms with Gasteiger partial charge in [0.2, 0.25) is 5.88 Å². The van der Waals surface area contributed by atoms with Gasteiger partial charge in [-0.05, 0) is 52.8 Å². The van der Waals surface area contributed by atoms with Crippen LogP contribution in [0.25, 0.3) is 0 Å². The number of hydrogen-bond donors (Lipinski definition) is 1. The van der Waals surface area contributed by atoms with Gasteiger partial charge in [-0.2, -0.15) is 0 Å². The zero-order valence-electron chi connectivity index (χ0n) is 11.3. The summed E-state index contributed by atoms with van der Waals surface area (Å²) in [5.41, 5.74) is 2.75.